The van der Waals surface area contributed by atoms with Crippen LogP contribution in [0, 0.1) is 13.8 Å². The molecule has 0 saturated carbocycles. The molecule has 0 amide bonds. The van der Waals surface area contributed by atoms with Gasteiger partial charge in [0.15, 0.2) is 5.78 Å². The van der Waals surface area contributed by atoms with Gasteiger partial charge < -0.3 is 0 Å². The van der Waals surface area contributed by atoms with Gasteiger partial charge >= 0.3 is 0 Å². The number of hydrogen-bond donors (Lipinski definition) is 0. The standard InChI is InChI=1S/C13H11BrOS/c1-8-5-10(7-11(14)6-8)13(15)12-3-4-16-9(12)2/h3-7H,1-2H3. The first-order chi connectivity index (χ1) is 7.58. The van der Waals surface area contributed by atoms with Crippen molar-refractivity contribution in [1.29, 1.82) is 0 Å². The SMILES string of the molecule is Cc1cc(Br)cc(C(=O)c2ccsc2C)c1. The van der Waals surface area contributed by atoms with E-state index in [4.69, 9.17) is 0 Å². The molecule has 0 aliphatic rings. The average Bonchev–Trinajstić information content (AvgIpc) is 2.62. The first-order valence-electron chi connectivity index (χ1n) is 4.94. The summed E-state index contributed by atoms with van der Waals surface area (Å²) in [5, 5.41) is 1.95. The molecule has 0 unspecified atom stereocenters. The molecule has 0 spiro atoms. The maximum atomic E-state index is 12.2. The number of benzene rings is 1. The van der Waals surface area contributed by atoms with E-state index in [-0.39, 0.29) is 5.78 Å². The van der Waals surface area contributed by atoms with Gasteiger partial charge in [0.1, 0.15) is 0 Å². The van der Waals surface area contributed by atoms with E-state index in [1.54, 1.807) is 11.3 Å². The van der Waals surface area contributed by atoms with Crippen molar-refractivity contribution >= 4 is 33.0 Å². The Morgan fingerprint density at radius 2 is 2.00 bits per heavy atom. The lowest BCUT2D eigenvalue weighted by molar-refractivity contribution is 0.103. The van der Waals surface area contributed by atoms with Crippen LogP contribution in [0.5, 0.6) is 0 Å². The molecule has 0 atom stereocenters. The average molecular weight is 295 g/mol. The fraction of sp³-hybridized carbons (Fsp3) is 0.154. The molecule has 82 valence electrons. The molecular formula is C13H11BrOS. The van der Waals surface area contributed by atoms with Crippen LogP contribution >= 0.6 is 27.3 Å². The number of thiophene rings is 1. The zero-order valence-electron chi connectivity index (χ0n) is 9.08. The highest BCUT2D eigenvalue weighted by atomic mass is 79.9. The largest absolute Gasteiger partial charge is 0.289 e. The molecule has 3 heteroatoms. The maximum absolute atomic E-state index is 12.2. The molecule has 16 heavy (non-hydrogen) atoms. The van der Waals surface area contributed by atoms with Crippen LogP contribution in [0.2, 0.25) is 0 Å². The van der Waals surface area contributed by atoms with Gasteiger partial charge in [0.25, 0.3) is 0 Å². The van der Waals surface area contributed by atoms with E-state index in [0.717, 1.165) is 26.0 Å². The molecule has 0 aliphatic heterocycles. The Kier molecular flexibility index (Phi) is 3.26. The fourth-order valence-electron chi connectivity index (χ4n) is 1.64. The highest BCUT2D eigenvalue weighted by molar-refractivity contribution is 9.10. The van der Waals surface area contributed by atoms with Crippen molar-refractivity contribution in [3.63, 3.8) is 0 Å². The third kappa shape index (κ3) is 2.25. The molecule has 0 N–H and O–H groups in total. The van der Waals surface area contributed by atoms with Crippen molar-refractivity contribution in [3.05, 3.63) is 55.7 Å². The van der Waals surface area contributed by atoms with E-state index in [1.807, 2.05) is 43.5 Å². The molecule has 1 nitrogen and oxygen atoms in total. The molecule has 0 aliphatic carbocycles. The van der Waals surface area contributed by atoms with Crippen LogP contribution in [-0.4, -0.2) is 5.78 Å². The maximum Gasteiger partial charge on any atom is 0.194 e. The van der Waals surface area contributed by atoms with Gasteiger partial charge in [-0.1, -0.05) is 15.9 Å². The lowest BCUT2D eigenvalue weighted by atomic mass is 10.0. The Morgan fingerprint density at radius 1 is 1.25 bits per heavy atom. The molecule has 2 aromatic rings. The van der Waals surface area contributed by atoms with Crippen molar-refractivity contribution in [3.8, 4) is 0 Å². The fourth-order valence-corrected chi connectivity index (χ4v) is 2.95. The second-order valence-electron chi connectivity index (χ2n) is 3.74. The lowest BCUT2D eigenvalue weighted by Crippen LogP contribution is -2.01. The Balaban J connectivity index is 2.45. The molecule has 1 aromatic heterocycles. The molecule has 1 aromatic carbocycles. The van der Waals surface area contributed by atoms with E-state index in [0.29, 0.717) is 0 Å². The molecule has 0 saturated heterocycles. The number of ketones is 1. The van der Waals surface area contributed by atoms with Gasteiger partial charge in [-0.2, -0.15) is 0 Å². The molecule has 2 rings (SSSR count). The van der Waals surface area contributed by atoms with Crippen LogP contribution < -0.4 is 0 Å². The summed E-state index contributed by atoms with van der Waals surface area (Å²) in [6.45, 7) is 3.96. The second kappa shape index (κ2) is 4.52. The van der Waals surface area contributed by atoms with E-state index in [2.05, 4.69) is 15.9 Å². The third-order valence-corrected chi connectivity index (χ3v) is 3.71. The summed E-state index contributed by atoms with van der Waals surface area (Å²) < 4.78 is 0.948. The van der Waals surface area contributed by atoms with Crippen molar-refractivity contribution in [2.75, 3.05) is 0 Å². The van der Waals surface area contributed by atoms with Crippen molar-refractivity contribution in [2.45, 2.75) is 13.8 Å². The predicted octanol–water partition coefficient (Wildman–Crippen LogP) is 4.36. The van der Waals surface area contributed by atoms with Crippen molar-refractivity contribution in [1.82, 2.24) is 0 Å². The Morgan fingerprint density at radius 3 is 2.56 bits per heavy atom. The van der Waals surface area contributed by atoms with Gasteiger partial charge in [0.05, 0.1) is 0 Å². The molecule has 0 fully saturated rings. The predicted molar refractivity (Wildman–Crippen MR) is 71.4 cm³/mol. The summed E-state index contributed by atoms with van der Waals surface area (Å²) in [4.78, 5) is 13.3. The lowest BCUT2D eigenvalue weighted by Gasteiger charge is -2.03. The minimum absolute atomic E-state index is 0.100. The first kappa shape index (κ1) is 11.6. The van der Waals surface area contributed by atoms with E-state index < -0.39 is 0 Å². The number of halogens is 1. The van der Waals surface area contributed by atoms with Gasteiger partial charge in [-0.15, -0.1) is 11.3 Å². The normalized spacial score (nSPS) is 10.4. The van der Waals surface area contributed by atoms with Crippen LogP contribution in [0.1, 0.15) is 26.4 Å². The van der Waals surface area contributed by atoms with Crippen molar-refractivity contribution < 1.29 is 4.79 Å². The van der Waals surface area contributed by atoms with E-state index in [1.165, 1.54) is 0 Å². The van der Waals surface area contributed by atoms with Gasteiger partial charge in [-0.25, -0.2) is 0 Å². The summed E-state index contributed by atoms with van der Waals surface area (Å²) in [6, 6.07) is 7.67. The highest BCUT2D eigenvalue weighted by Gasteiger charge is 2.13. The molecular weight excluding hydrogens is 284 g/mol. The number of carbonyl (C=O) groups is 1. The molecule has 1 heterocycles. The summed E-state index contributed by atoms with van der Waals surface area (Å²) >= 11 is 5.02. The summed E-state index contributed by atoms with van der Waals surface area (Å²) in [7, 11) is 0. The summed E-state index contributed by atoms with van der Waals surface area (Å²) in [5.41, 5.74) is 2.64. The Bertz CT molecular complexity index is 522. The van der Waals surface area contributed by atoms with Gasteiger partial charge in [0.2, 0.25) is 0 Å². The zero-order valence-corrected chi connectivity index (χ0v) is 11.5. The smallest absolute Gasteiger partial charge is 0.194 e. The van der Waals surface area contributed by atoms with E-state index in [9.17, 15) is 4.79 Å². The third-order valence-electron chi connectivity index (χ3n) is 2.41. The van der Waals surface area contributed by atoms with Crippen LogP contribution in [-0.2, 0) is 0 Å². The summed E-state index contributed by atoms with van der Waals surface area (Å²) in [5.74, 6) is 0.100. The topological polar surface area (TPSA) is 17.1 Å². The van der Waals surface area contributed by atoms with E-state index >= 15 is 0 Å². The van der Waals surface area contributed by atoms with Gasteiger partial charge in [-0.05, 0) is 49.1 Å². The summed E-state index contributed by atoms with van der Waals surface area (Å²) in [6.07, 6.45) is 0. The Hall–Kier alpha value is -0.930. The number of carbonyl (C=O) groups excluding carboxylic acids is 1. The van der Waals surface area contributed by atoms with Crippen LogP contribution in [0.3, 0.4) is 0 Å². The van der Waals surface area contributed by atoms with Crippen LogP contribution in [0.4, 0.5) is 0 Å². The van der Waals surface area contributed by atoms with Crippen LogP contribution in [0.25, 0.3) is 0 Å². The zero-order chi connectivity index (χ0) is 11.7. The monoisotopic (exact) mass is 294 g/mol. The number of rotatable bonds is 2. The molecule has 0 bridgehead atoms. The Labute approximate surface area is 107 Å². The first-order valence-corrected chi connectivity index (χ1v) is 6.61. The highest BCUT2D eigenvalue weighted by Crippen LogP contribution is 2.22. The number of hydrogen-bond acceptors (Lipinski definition) is 2. The second-order valence-corrected chi connectivity index (χ2v) is 5.77. The minimum atomic E-state index is 0.100. The van der Waals surface area contributed by atoms with Gasteiger partial charge in [0, 0.05) is 20.5 Å². The van der Waals surface area contributed by atoms with Crippen molar-refractivity contribution in [2.24, 2.45) is 0 Å². The quantitative estimate of drug-likeness (QED) is 0.752. The number of aryl methyl sites for hydroxylation is 2. The van der Waals surface area contributed by atoms with Crippen LogP contribution in [0.15, 0.2) is 34.1 Å². The van der Waals surface area contributed by atoms with Gasteiger partial charge in [-0.3, -0.25) is 4.79 Å². The minimum Gasteiger partial charge on any atom is -0.289 e. The molecule has 0 radical (unpaired) electrons.